The second kappa shape index (κ2) is 4.24. The molecule has 90 valence electrons. The van der Waals surface area contributed by atoms with Crippen LogP contribution in [-0.4, -0.2) is 15.8 Å². The Morgan fingerprint density at radius 2 is 2.00 bits per heavy atom. The number of hydrogen-bond donors (Lipinski definition) is 1. The van der Waals surface area contributed by atoms with E-state index in [2.05, 4.69) is 4.98 Å². The standard InChI is InChI=1S/C13H13ClFNO/c1-13(2,15)12(17)8-3-4-9-7-16-11(14)6-10(9)5-8/h3-7,12,17H,1-2H3. The quantitative estimate of drug-likeness (QED) is 0.829. The van der Waals surface area contributed by atoms with Crippen molar-refractivity contribution in [2.75, 3.05) is 0 Å². The van der Waals surface area contributed by atoms with Gasteiger partial charge >= 0.3 is 0 Å². The third-order valence-corrected chi connectivity index (χ3v) is 2.89. The average Bonchev–Trinajstić information content (AvgIpc) is 2.25. The number of aliphatic hydroxyl groups is 1. The Bertz CT molecular complexity index is 551. The summed E-state index contributed by atoms with van der Waals surface area (Å²) in [6, 6.07) is 6.92. The number of alkyl halides is 1. The Morgan fingerprint density at radius 1 is 1.29 bits per heavy atom. The van der Waals surface area contributed by atoms with Crippen molar-refractivity contribution in [2.45, 2.75) is 25.6 Å². The van der Waals surface area contributed by atoms with Gasteiger partial charge in [0.25, 0.3) is 0 Å². The molecule has 0 amide bonds. The van der Waals surface area contributed by atoms with Gasteiger partial charge < -0.3 is 5.11 Å². The molecule has 0 spiro atoms. The molecule has 1 aromatic carbocycles. The van der Waals surface area contributed by atoms with Crippen molar-refractivity contribution in [2.24, 2.45) is 0 Å². The zero-order chi connectivity index (χ0) is 12.6. The van der Waals surface area contributed by atoms with E-state index in [0.717, 1.165) is 10.8 Å². The number of pyridine rings is 1. The summed E-state index contributed by atoms with van der Waals surface area (Å²) in [5.74, 6) is 0. The minimum Gasteiger partial charge on any atom is -0.385 e. The number of hydrogen-bond acceptors (Lipinski definition) is 2. The van der Waals surface area contributed by atoms with Crippen LogP contribution in [0.25, 0.3) is 10.8 Å². The molecule has 0 aliphatic carbocycles. The maximum atomic E-state index is 13.7. The highest BCUT2D eigenvalue weighted by molar-refractivity contribution is 6.30. The summed E-state index contributed by atoms with van der Waals surface area (Å²) in [5.41, 5.74) is -1.14. The number of aliphatic hydroxyl groups excluding tert-OH is 1. The zero-order valence-electron chi connectivity index (χ0n) is 9.61. The van der Waals surface area contributed by atoms with E-state index >= 15 is 0 Å². The molecular formula is C13H13ClFNO. The van der Waals surface area contributed by atoms with Gasteiger partial charge in [-0.1, -0.05) is 23.7 Å². The number of rotatable bonds is 2. The van der Waals surface area contributed by atoms with Crippen LogP contribution in [-0.2, 0) is 0 Å². The Kier molecular flexibility index (Phi) is 3.06. The maximum Gasteiger partial charge on any atom is 0.135 e. The van der Waals surface area contributed by atoms with Crippen molar-refractivity contribution < 1.29 is 9.50 Å². The molecule has 0 aliphatic heterocycles. The van der Waals surface area contributed by atoms with Gasteiger partial charge in [-0.2, -0.15) is 0 Å². The Balaban J connectivity index is 2.50. The summed E-state index contributed by atoms with van der Waals surface area (Å²) in [6.07, 6.45) is 0.493. The molecule has 0 fully saturated rings. The van der Waals surface area contributed by atoms with Crippen molar-refractivity contribution in [1.29, 1.82) is 0 Å². The summed E-state index contributed by atoms with van der Waals surface area (Å²) in [6.45, 7) is 2.70. The van der Waals surface area contributed by atoms with Gasteiger partial charge in [-0.3, -0.25) is 0 Å². The van der Waals surface area contributed by atoms with E-state index < -0.39 is 11.8 Å². The van der Waals surface area contributed by atoms with E-state index in [1.54, 1.807) is 30.5 Å². The third kappa shape index (κ3) is 2.56. The van der Waals surface area contributed by atoms with Crippen LogP contribution in [0.4, 0.5) is 4.39 Å². The SMILES string of the molecule is CC(C)(F)C(O)c1ccc2cnc(Cl)cc2c1. The number of halogens is 2. The molecule has 0 aliphatic rings. The molecule has 2 nitrogen and oxygen atoms in total. The molecular weight excluding hydrogens is 241 g/mol. The summed E-state index contributed by atoms with van der Waals surface area (Å²) in [7, 11) is 0. The summed E-state index contributed by atoms with van der Waals surface area (Å²) >= 11 is 5.79. The lowest BCUT2D eigenvalue weighted by Crippen LogP contribution is -2.23. The van der Waals surface area contributed by atoms with Crippen LogP contribution in [0, 0.1) is 0 Å². The van der Waals surface area contributed by atoms with Crippen molar-refractivity contribution in [3.8, 4) is 0 Å². The number of fused-ring (bicyclic) bond motifs is 1. The highest BCUT2D eigenvalue weighted by Crippen LogP contribution is 2.30. The first kappa shape index (κ1) is 12.3. The second-order valence-corrected chi connectivity index (χ2v) is 4.97. The van der Waals surface area contributed by atoms with Crippen molar-refractivity contribution in [1.82, 2.24) is 4.98 Å². The summed E-state index contributed by atoms with van der Waals surface area (Å²) in [4.78, 5) is 3.96. The van der Waals surface area contributed by atoms with Gasteiger partial charge in [0.05, 0.1) is 0 Å². The molecule has 2 rings (SSSR count). The smallest absolute Gasteiger partial charge is 0.135 e. The third-order valence-electron chi connectivity index (χ3n) is 2.68. The lowest BCUT2D eigenvalue weighted by Gasteiger charge is -2.22. The fraction of sp³-hybridized carbons (Fsp3) is 0.308. The number of nitrogens with zero attached hydrogens (tertiary/aromatic N) is 1. The van der Waals surface area contributed by atoms with Gasteiger partial charge in [-0.15, -0.1) is 0 Å². The van der Waals surface area contributed by atoms with Gasteiger partial charge in [0.2, 0.25) is 0 Å². The largest absolute Gasteiger partial charge is 0.385 e. The predicted octanol–water partition coefficient (Wildman–Crippen LogP) is 3.67. The summed E-state index contributed by atoms with van der Waals surface area (Å²) in [5, 5.41) is 12.0. The normalized spacial score (nSPS) is 13.9. The minimum absolute atomic E-state index is 0.378. The Hall–Kier alpha value is -1.19. The predicted molar refractivity (Wildman–Crippen MR) is 66.9 cm³/mol. The molecule has 17 heavy (non-hydrogen) atoms. The molecule has 1 aromatic heterocycles. The average molecular weight is 254 g/mol. The Labute approximate surface area is 104 Å². The molecule has 2 aromatic rings. The van der Waals surface area contributed by atoms with E-state index in [-0.39, 0.29) is 0 Å². The molecule has 1 atom stereocenters. The molecule has 0 bridgehead atoms. The number of benzene rings is 1. The van der Waals surface area contributed by atoms with Crippen LogP contribution in [0.2, 0.25) is 5.15 Å². The van der Waals surface area contributed by atoms with E-state index in [1.165, 1.54) is 13.8 Å². The zero-order valence-corrected chi connectivity index (χ0v) is 10.4. The van der Waals surface area contributed by atoms with Crippen molar-refractivity contribution in [3.63, 3.8) is 0 Å². The van der Waals surface area contributed by atoms with Crippen LogP contribution in [0.15, 0.2) is 30.5 Å². The minimum atomic E-state index is -1.68. The van der Waals surface area contributed by atoms with Crippen LogP contribution in [0.5, 0.6) is 0 Å². The first-order valence-electron chi connectivity index (χ1n) is 5.30. The monoisotopic (exact) mass is 253 g/mol. The maximum absolute atomic E-state index is 13.7. The van der Waals surface area contributed by atoms with Crippen LogP contribution < -0.4 is 0 Å². The van der Waals surface area contributed by atoms with Crippen LogP contribution in [0.3, 0.4) is 0 Å². The van der Waals surface area contributed by atoms with Gasteiger partial charge in [-0.25, -0.2) is 9.37 Å². The molecule has 0 radical (unpaired) electrons. The van der Waals surface area contributed by atoms with Crippen molar-refractivity contribution in [3.05, 3.63) is 41.2 Å². The van der Waals surface area contributed by atoms with E-state index in [1.807, 2.05) is 0 Å². The fourth-order valence-corrected chi connectivity index (χ4v) is 1.87. The summed E-state index contributed by atoms with van der Waals surface area (Å²) < 4.78 is 13.7. The van der Waals surface area contributed by atoms with Crippen LogP contribution in [0.1, 0.15) is 25.5 Å². The highest BCUT2D eigenvalue weighted by atomic mass is 35.5. The second-order valence-electron chi connectivity index (χ2n) is 4.58. The number of aromatic nitrogens is 1. The van der Waals surface area contributed by atoms with Gasteiger partial charge in [-0.05, 0) is 36.9 Å². The molecule has 1 unspecified atom stereocenters. The van der Waals surface area contributed by atoms with E-state index in [4.69, 9.17) is 11.6 Å². The van der Waals surface area contributed by atoms with Crippen molar-refractivity contribution >= 4 is 22.4 Å². The van der Waals surface area contributed by atoms with Gasteiger partial charge in [0, 0.05) is 11.6 Å². The van der Waals surface area contributed by atoms with Gasteiger partial charge in [0.1, 0.15) is 16.9 Å². The van der Waals surface area contributed by atoms with E-state index in [9.17, 15) is 9.50 Å². The first-order valence-corrected chi connectivity index (χ1v) is 5.68. The lowest BCUT2D eigenvalue weighted by molar-refractivity contribution is 0.0162. The van der Waals surface area contributed by atoms with Gasteiger partial charge in [0.15, 0.2) is 0 Å². The molecule has 1 heterocycles. The van der Waals surface area contributed by atoms with Crippen LogP contribution >= 0.6 is 11.6 Å². The molecule has 0 saturated heterocycles. The van der Waals surface area contributed by atoms with E-state index in [0.29, 0.717) is 10.7 Å². The first-order chi connectivity index (χ1) is 7.88. The fourth-order valence-electron chi connectivity index (χ4n) is 1.70. The highest BCUT2D eigenvalue weighted by Gasteiger charge is 2.28. The molecule has 0 saturated carbocycles. The molecule has 4 heteroatoms. The Morgan fingerprint density at radius 3 is 2.65 bits per heavy atom. The topological polar surface area (TPSA) is 33.1 Å². The lowest BCUT2D eigenvalue weighted by atomic mass is 9.95. The molecule has 1 N–H and O–H groups in total.